The number of nitrogens with one attached hydrogen (secondary N) is 2. The molecule has 2 rings (SSSR count). The van der Waals surface area contributed by atoms with Crippen LogP contribution in [0.1, 0.15) is 17.3 Å². The zero-order valence-corrected chi connectivity index (χ0v) is 15.5. The van der Waals surface area contributed by atoms with E-state index in [2.05, 4.69) is 14.8 Å². The van der Waals surface area contributed by atoms with Crippen molar-refractivity contribution in [3.05, 3.63) is 59.9 Å². The van der Waals surface area contributed by atoms with E-state index in [1.807, 2.05) is 0 Å². The summed E-state index contributed by atoms with van der Waals surface area (Å²) in [4.78, 5) is 23.8. The molecule has 0 fully saturated rings. The molecule has 1 amide bonds. The van der Waals surface area contributed by atoms with Gasteiger partial charge in [0.05, 0.1) is 30.0 Å². The summed E-state index contributed by atoms with van der Waals surface area (Å²) in [5.74, 6) is -3.06. The molecule has 0 saturated carbocycles. The van der Waals surface area contributed by atoms with Gasteiger partial charge in [0, 0.05) is 5.69 Å². The Balaban J connectivity index is 2.01. The molecule has 1 unspecified atom stereocenters. The molecule has 0 aromatic heterocycles. The fourth-order valence-electron chi connectivity index (χ4n) is 2.29. The number of methoxy groups -OCH3 is 1. The number of sulfonamides is 1. The van der Waals surface area contributed by atoms with Gasteiger partial charge in [-0.2, -0.15) is 0 Å². The molecule has 0 aliphatic carbocycles. The first-order valence-corrected chi connectivity index (χ1v) is 9.61. The smallest absolute Gasteiger partial charge is 0.337 e. The molecule has 0 bridgehead atoms. The maximum absolute atomic E-state index is 13.2. The number of anilines is 2. The lowest BCUT2D eigenvalue weighted by molar-refractivity contribution is -0.118. The molecule has 0 saturated heterocycles. The van der Waals surface area contributed by atoms with Crippen molar-refractivity contribution >= 4 is 33.3 Å². The molecule has 27 heavy (non-hydrogen) atoms. The van der Waals surface area contributed by atoms with Crippen molar-refractivity contribution in [2.24, 2.45) is 5.92 Å². The Hall–Kier alpha value is -2.94. The van der Waals surface area contributed by atoms with Crippen LogP contribution in [-0.2, 0) is 19.6 Å². The summed E-state index contributed by atoms with van der Waals surface area (Å²) < 4.78 is 44.4. The lowest BCUT2D eigenvalue weighted by atomic mass is 10.1. The summed E-state index contributed by atoms with van der Waals surface area (Å²) in [5.41, 5.74) is 0.668. The maximum Gasteiger partial charge on any atom is 0.337 e. The third-order valence-electron chi connectivity index (χ3n) is 3.57. The van der Waals surface area contributed by atoms with Gasteiger partial charge in [-0.1, -0.05) is 19.1 Å². The molecule has 0 aliphatic heterocycles. The minimum atomic E-state index is -3.87. The number of hydrogen-bond acceptors (Lipinski definition) is 5. The highest BCUT2D eigenvalue weighted by Gasteiger charge is 2.22. The first-order valence-electron chi connectivity index (χ1n) is 7.95. The number of ether oxygens (including phenoxy) is 1. The quantitative estimate of drug-likeness (QED) is 0.703. The summed E-state index contributed by atoms with van der Waals surface area (Å²) in [6.45, 7) is 1.45. The van der Waals surface area contributed by atoms with E-state index >= 15 is 0 Å². The minimum absolute atomic E-state index is 0.0772. The number of benzene rings is 2. The second-order valence-electron chi connectivity index (χ2n) is 5.86. The standard InChI is InChI=1S/C18H19FN2O5S/c1-12(11-27(24,25)21-16-8-4-6-14(19)10-16)17(22)20-15-7-3-5-13(9-15)18(23)26-2/h3-10,12,21H,11H2,1-2H3,(H,20,22). The topological polar surface area (TPSA) is 102 Å². The molecule has 2 aromatic carbocycles. The van der Waals surface area contributed by atoms with Gasteiger partial charge in [-0.25, -0.2) is 17.6 Å². The van der Waals surface area contributed by atoms with E-state index in [9.17, 15) is 22.4 Å². The Morgan fingerprint density at radius 1 is 1.11 bits per heavy atom. The Bertz CT molecular complexity index is 946. The van der Waals surface area contributed by atoms with Crippen molar-refractivity contribution in [3.63, 3.8) is 0 Å². The molecular formula is C18H19FN2O5S. The number of esters is 1. The normalized spacial score (nSPS) is 12.1. The molecular weight excluding hydrogens is 375 g/mol. The molecule has 0 radical (unpaired) electrons. The van der Waals surface area contributed by atoms with Gasteiger partial charge < -0.3 is 10.1 Å². The lowest BCUT2D eigenvalue weighted by Crippen LogP contribution is -2.30. The van der Waals surface area contributed by atoms with Crippen LogP contribution in [0, 0.1) is 11.7 Å². The molecule has 0 aliphatic rings. The van der Waals surface area contributed by atoms with E-state index in [4.69, 9.17) is 0 Å². The van der Waals surface area contributed by atoms with Crippen LogP contribution in [0.25, 0.3) is 0 Å². The third kappa shape index (κ3) is 6.07. The Labute approximate surface area is 156 Å². The Kier molecular flexibility index (Phi) is 6.51. The molecule has 0 heterocycles. The number of rotatable bonds is 7. The van der Waals surface area contributed by atoms with Gasteiger partial charge in [0.15, 0.2) is 0 Å². The van der Waals surface area contributed by atoms with Crippen LogP contribution in [-0.4, -0.2) is 33.2 Å². The predicted octanol–water partition coefficient (Wildman–Crippen LogP) is 2.63. The van der Waals surface area contributed by atoms with Gasteiger partial charge in [0.1, 0.15) is 5.82 Å². The number of halogens is 1. The van der Waals surface area contributed by atoms with Crippen LogP contribution in [0.15, 0.2) is 48.5 Å². The second-order valence-corrected chi connectivity index (χ2v) is 7.62. The monoisotopic (exact) mass is 394 g/mol. The maximum atomic E-state index is 13.2. The number of carbonyl (C=O) groups is 2. The lowest BCUT2D eigenvalue weighted by Gasteiger charge is -2.14. The molecule has 1 atom stereocenters. The highest BCUT2D eigenvalue weighted by molar-refractivity contribution is 7.92. The number of carbonyl (C=O) groups excluding carboxylic acids is 2. The van der Waals surface area contributed by atoms with Gasteiger partial charge in [-0.15, -0.1) is 0 Å². The van der Waals surface area contributed by atoms with Gasteiger partial charge in [-0.05, 0) is 36.4 Å². The second kappa shape index (κ2) is 8.63. The van der Waals surface area contributed by atoms with E-state index in [-0.39, 0.29) is 11.3 Å². The van der Waals surface area contributed by atoms with Gasteiger partial charge in [0.2, 0.25) is 15.9 Å². The van der Waals surface area contributed by atoms with Gasteiger partial charge in [0.25, 0.3) is 0 Å². The highest BCUT2D eigenvalue weighted by Crippen LogP contribution is 2.15. The molecule has 2 N–H and O–H groups in total. The Morgan fingerprint density at radius 3 is 2.44 bits per heavy atom. The van der Waals surface area contributed by atoms with Crippen molar-refractivity contribution in [2.75, 3.05) is 22.9 Å². The zero-order chi connectivity index (χ0) is 20.0. The van der Waals surface area contributed by atoms with Gasteiger partial charge >= 0.3 is 5.97 Å². The van der Waals surface area contributed by atoms with E-state index < -0.39 is 39.4 Å². The summed E-state index contributed by atoms with van der Waals surface area (Å²) in [6.07, 6.45) is 0. The van der Waals surface area contributed by atoms with Crippen molar-refractivity contribution in [3.8, 4) is 0 Å². The molecule has 7 nitrogen and oxygen atoms in total. The fourth-order valence-corrected chi connectivity index (χ4v) is 3.66. The van der Waals surface area contributed by atoms with Crippen molar-refractivity contribution in [1.29, 1.82) is 0 Å². The summed E-state index contributed by atoms with van der Waals surface area (Å²) in [5, 5.41) is 2.56. The third-order valence-corrected chi connectivity index (χ3v) is 5.05. The minimum Gasteiger partial charge on any atom is -0.465 e. The van der Waals surface area contributed by atoms with E-state index in [1.54, 1.807) is 12.1 Å². The molecule has 2 aromatic rings. The zero-order valence-electron chi connectivity index (χ0n) is 14.7. The van der Waals surface area contributed by atoms with E-state index in [0.29, 0.717) is 5.69 Å². The highest BCUT2D eigenvalue weighted by atomic mass is 32.2. The first kappa shape index (κ1) is 20.4. The van der Waals surface area contributed by atoms with Crippen LogP contribution in [0.3, 0.4) is 0 Å². The van der Waals surface area contributed by atoms with Crippen LogP contribution >= 0.6 is 0 Å². The fraction of sp³-hybridized carbons (Fsp3) is 0.222. The van der Waals surface area contributed by atoms with E-state index in [0.717, 1.165) is 6.07 Å². The SMILES string of the molecule is COC(=O)c1cccc(NC(=O)C(C)CS(=O)(=O)Nc2cccc(F)c2)c1. The molecule has 144 valence electrons. The van der Waals surface area contributed by atoms with Crippen LogP contribution in [0.4, 0.5) is 15.8 Å². The van der Waals surface area contributed by atoms with Crippen LogP contribution in [0.2, 0.25) is 0 Å². The van der Waals surface area contributed by atoms with Crippen molar-refractivity contribution < 1.29 is 27.1 Å². The first-order chi connectivity index (χ1) is 12.7. The Morgan fingerprint density at radius 2 is 1.78 bits per heavy atom. The average molecular weight is 394 g/mol. The summed E-state index contributed by atoms with van der Waals surface area (Å²) in [6, 6.07) is 11.1. The van der Waals surface area contributed by atoms with Crippen molar-refractivity contribution in [2.45, 2.75) is 6.92 Å². The molecule has 0 spiro atoms. The van der Waals surface area contributed by atoms with Crippen molar-refractivity contribution in [1.82, 2.24) is 0 Å². The van der Waals surface area contributed by atoms with Crippen LogP contribution < -0.4 is 10.0 Å². The number of amides is 1. The predicted molar refractivity (Wildman–Crippen MR) is 99.4 cm³/mol. The summed E-state index contributed by atoms with van der Waals surface area (Å²) in [7, 11) is -2.62. The molecule has 9 heteroatoms. The largest absolute Gasteiger partial charge is 0.465 e. The average Bonchev–Trinajstić information content (AvgIpc) is 2.60. The number of hydrogen-bond donors (Lipinski definition) is 2. The van der Waals surface area contributed by atoms with E-state index in [1.165, 1.54) is 44.4 Å². The van der Waals surface area contributed by atoms with Crippen LogP contribution in [0.5, 0.6) is 0 Å². The summed E-state index contributed by atoms with van der Waals surface area (Å²) >= 11 is 0. The van der Waals surface area contributed by atoms with Gasteiger partial charge in [-0.3, -0.25) is 9.52 Å².